The van der Waals surface area contributed by atoms with Gasteiger partial charge < -0.3 is 15.5 Å². The minimum atomic E-state index is -0.922. The first-order valence-electron chi connectivity index (χ1n) is 16.6. The number of hydrogen-bond donors (Lipinski definition) is 4. The van der Waals surface area contributed by atoms with Gasteiger partial charge in [-0.1, -0.05) is 17.3 Å². The smallest absolute Gasteiger partial charge is 0.264 e. The molecule has 3 aliphatic heterocycles. The third-order valence-corrected chi connectivity index (χ3v) is 9.26. The summed E-state index contributed by atoms with van der Waals surface area (Å²) in [5.41, 5.74) is 1.81. The molecule has 18 nitrogen and oxygen atoms in total. The molecule has 52 heavy (non-hydrogen) atoms. The van der Waals surface area contributed by atoms with E-state index in [0.717, 1.165) is 0 Å². The quantitative estimate of drug-likeness (QED) is 0.172. The standard InChI is InChI=1S/C34H32N10O8/c1-17-35-22-6-3-7-23(30(22)34(52)44(17)25-10-13-28(47)39-32(25)50)37-29(48)16-42-14-18(40-41-42)8-11-26(45)36-21-5-2-4-19-20(21)15-43(33(19)51)24-9-12-27(46)38-31(24)49/h2-7,14,24-25H,8-13,15-16H2,1H3,(H,36,45)(H,37,48)(H,38,46,49)(H,39,47,50). The zero-order valence-corrected chi connectivity index (χ0v) is 27.8. The number of piperidine rings is 2. The van der Waals surface area contributed by atoms with Crippen LogP contribution in [-0.4, -0.2) is 76.8 Å². The number of fused-ring (bicyclic) bond motifs is 2. The van der Waals surface area contributed by atoms with Gasteiger partial charge in [0.15, 0.2) is 0 Å². The lowest BCUT2D eigenvalue weighted by Gasteiger charge is -2.29. The Morgan fingerprint density at radius 3 is 2.27 bits per heavy atom. The molecule has 0 spiro atoms. The highest BCUT2D eigenvalue weighted by molar-refractivity contribution is 6.07. The first kappa shape index (κ1) is 33.9. The Morgan fingerprint density at radius 2 is 1.54 bits per heavy atom. The SMILES string of the molecule is Cc1nc2cccc(NC(=O)Cn3cc(CCC(=O)Nc4cccc5c4CN(C4CCC(=O)NC4=O)C5=O)nn3)c2c(=O)n1C1CCC(=O)NC1=O. The van der Waals surface area contributed by atoms with Crippen molar-refractivity contribution < 1.29 is 33.6 Å². The van der Waals surface area contributed by atoms with Crippen LogP contribution in [0.25, 0.3) is 10.9 Å². The number of rotatable bonds is 9. The Hall–Kier alpha value is -6.59. The number of hydrogen-bond acceptors (Lipinski definition) is 11. The number of benzene rings is 2. The van der Waals surface area contributed by atoms with Crippen molar-refractivity contribution in [2.45, 2.75) is 70.6 Å². The lowest BCUT2D eigenvalue weighted by atomic mass is 10.0. The van der Waals surface area contributed by atoms with Crippen LogP contribution in [0, 0.1) is 6.92 Å². The van der Waals surface area contributed by atoms with Gasteiger partial charge in [0.1, 0.15) is 24.5 Å². The molecule has 266 valence electrons. The fourth-order valence-corrected chi connectivity index (χ4v) is 6.78. The Bertz CT molecular complexity index is 2280. The molecular formula is C34H32N10O8. The number of aromatic nitrogens is 5. The van der Waals surface area contributed by atoms with Crippen LogP contribution in [0.5, 0.6) is 0 Å². The summed E-state index contributed by atoms with van der Waals surface area (Å²) in [6.45, 7) is 1.44. The highest BCUT2D eigenvalue weighted by Gasteiger charge is 2.40. The number of anilines is 2. The molecule has 5 heterocycles. The molecule has 0 radical (unpaired) electrons. The van der Waals surface area contributed by atoms with E-state index in [-0.39, 0.29) is 80.4 Å². The molecule has 0 bridgehead atoms. The summed E-state index contributed by atoms with van der Waals surface area (Å²) in [6.07, 6.45) is 2.31. The zero-order chi connectivity index (χ0) is 36.7. The third kappa shape index (κ3) is 6.52. The van der Waals surface area contributed by atoms with Crippen LogP contribution >= 0.6 is 0 Å². The summed E-state index contributed by atoms with van der Waals surface area (Å²) in [7, 11) is 0. The summed E-state index contributed by atoms with van der Waals surface area (Å²) >= 11 is 0. The maximum absolute atomic E-state index is 13.7. The molecule has 2 aromatic carbocycles. The van der Waals surface area contributed by atoms with E-state index in [2.05, 4.69) is 36.6 Å². The molecule has 4 aromatic rings. The monoisotopic (exact) mass is 708 g/mol. The molecule has 7 rings (SSSR count). The maximum atomic E-state index is 13.7. The molecule has 2 atom stereocenters. The first-order chi connectivity index (χ1) is 25.0. The molecule has 0 saturated carbocycles. The van der Waals surface area contributed by atoms with Crippen molar-refractivity contribution >= 4 is 63.6 Å². The van der Waals surface area contributed by atoms with Crippen LogP contribution in [0.2, 0.25) is 0 Å². The second-order valence-corrected chi connectivity index (χ2v) is 12.7. The van der Waals surface area contributed by atoms with E-state index in [1.165, 1.54) is 20.3 Å². The van der Waals surface area contributed by atoms with Crippen molar-refractivity contribution in [2.24, 2.45) is 0 Å². The summed E-state index contributed by atoms with van der Waals surface area (Å²) in [5.74, 6) is -2.84. The average Bonchev–Trinajstić information content (AvgIpc) is 3.68. The first-order valence-corrected chi connectivity index (χ1v) is 16.6. The van der Waals surface area contributed by atoms with Gasteiger partial charge in [-0.15, -0.1) is 5.10 Å². The van der Waals surface area contributed by atoms with Crippen molar-refractivity contribution in [3.05, 3.63) is 75.6 Å². The normalized spacial score (nSPS) is 18.6. The number of carbonyl (C=O) groups is 7. The van der Waals surface area contributed by atoms with Gasteiger partial charge in [-0.2, -0.15) is 0 Å². The third-order valence-electron chi connectivity index (χ3n) is 9.26. The van der Waals surface area contributed by atoms with E-state index < -0.39 is 41.3 Å². The average molecular weight is 709 g/mol. The molecule has 2 aromatic heterocycles. The van der Waals surface area contributed by atoms with Gasteiger partial charge in [0.05, 0.1) is 22.3 Å². The van der Waals surface area contributed by atoms with Gasteiger partial charge in [0, 0.05) is 55.2 Å². The van der Waals surface area contributed by atoms with Crippen LogP contribution in [0.3, 0.4) is 0 Å². The lowest BCUT2D eigenvalue weighted by Crippen LogP contribution is -2.52. The van der Waals surface area contributed by atoms with Gasteiger partial charge in [0.2, 0.25) is 35.4 Å². The maximum Gasteiger partial charge on any atom is 0.264 e. The minimum absolute atomic E-state index is 0.0151. The Balaban J connectivity index is 0.970. The van der Waals surface area contributed by atoms with E-state index >= 15 is 0 Å². The van der Waals surface area contributed by atoms with Gasteiger partial charge in [-0.05, 0) is 44.0 Å². The molecule has 7 amide bonds. The number of nitrogens with one attached hydrogen (secondary N) is 4. The molecule has 2 fully saturated rings. The van der Waals surface area contributed by atoms with Crippen LogP contribution < -0.4 is 26.8 Å². The van der Waals surface area contributed by atoms with E-state index in [0.29, 0.717) is 33.8 Å². The highest BCUT2D eigenvalue weighted by atomic mass is 16.2. The number of imide groups is 2. The molecular weight excluding hydrogens is 676 g/mol. The predicted octanol–water partition coefficient (Wildman–Crippen LogP) is 0.245. The minimum Gasteiger partial charge on any atom is -0.326 e. The summed E-state index contributed by atoms with van der Waals surface area (Å²) in [6, 6.07) is 8.04. The highest BCUT2D eigenvalue weighted by Crippen LogP contribution is 2.32. The molecule has 4 N–H and O–H groups in total. The fraction of sp³-hybridized carbons (Fsp3) is 0.324. The van der Waals surface area contributed by atoms with Crippen molar-refractivity contribution in [3.63, 3.8) is 0 Å². The largest absolute Gasteiger partial charge is 0.326 e. The second-order valence-electron chi connectivity index (χ2n) is 12.7. The van der Waals surface area contributed by atoms with Crippen LogP contribution in [-0.2, 0) is 48.3 Å². The number of carbonyl (C=O) groups excluding carboxylic acids is 7. The zero-order valence-electron chi connectivity index (χ0n) is 27.8. The molecule has 2 unspecified atom stereocenters. The van der Waals surface area contributed by atoms with E-state index in [9.17, 15) is 38.4 Å². The van der Waals surface area contributed by atoms with Gasteiger partial charge in [-0.25, -0.2) is 9.67 Å². The number of aryl methyl sites for hydroxylation is 2. The summed E-state index contributed by atoms with van der Waals surface area (Å²) in [5, 5.41) is 18.2. The summed E-state index contributed by atoms with van der Waals surface area (Å²) < 4.78 is 2.53. The van der Waals surface area contributed by atoms with E-state index in [1.807, 2.05) is 0 Å². The summed E-state index contributed by atoms with van der Waals surface area (Å²) in [4.78, 5) is 107. The number of nitrogens with zero attached hydrogens (tertiary/aromatic N) is 6. The van der Waals surface area contributed by atoms with E-state index in [4.69, 9.17) is 0 Å². The van der Waals surface area contributed by atoms with Crippen LogP contribution in [0.15, 0.2) is 47.4 Å². The topological polar surface area (TPSA) is 236 Å². The number of amides is 7. The van der Waals surface area contributed by atoms with Crippen molar-refractivity contribution in [3.8, 4) is 0 Å². The second kappa shape index (κ2) is 13.6. The van der Waals surface area contributed by atoms with Crippen LogP contribution in [0.1, 0.15) is 65.6 Å². The van der Waals surface area contributed by atoms with Crippen molar-refractivity contribution in [1.29, 1.82) is 0 Å². The molecule has 18 heteroatoms. The molecule has 2 saturated heterocycles. The van der Waals surface area contributed by atoms with Gasteiger partial charge in [-0.3, -0.25) is 53.6 Å². The van der Waals surface area contributed by atoms with Gasteiger partial charge >= 0.3 is 0 Å². The Morgan fingerprint density at radius 1 is 0.865 bits per heavy atom. The van der Waals surface area contributed by atoms with Crippen molar-refractivity contribution in [1.82, 2.24) is 40.1 Å². The Labute approximate surface area is 293 Å². The van der Waals surface area contributed by atoms with Gasteiger partial charge in [0.25, 0.3) is 11.5 Å². The van der Waals surface area contributed by atoms with E-state index in [1.54, 1.807) is 43.3 Å². The Kier molecular flexibility index (Phi) is 8.87. The fourth-order valence-electron chi connectivity index (χ4n) is 6.78. The van der Waals surface area contributed by atoms with Crippen LogP contribution in [0.4, 0.5) is 11.4 Å². The molecule has 3 aliphatic rings. The predicted molar refractivity (Wildman–Crippen MR) is 180 cm³/mol. The van der Waals surface area contributed by atoms with Crippen molar-refractivity contribution in [2.75, 3.05) is 10.6 Å². The lowest BCUT2D eigenvalue weighted by molar-refractivity contribution is -0.138. The molecule has 0 aliphatic carbocycles.